The average Bonchev–Trinajstić information content (AvgIpc) is 2.98. The monoisotopic (exact) mass is 356 g/mol. The number of likely N-dealkylation sites (N-methyl/N-ethyl adjacent to an activating group) is 1. The van der Waals surface area contributed by atoms with E-state index in [2.05, 4.69) is 5.10 Å². The minimum Gasteiger partial charge on any atom is -0.491 e. The van der Waals surface area contributed by atoms with Gasteiger partial charge >= 0.3 is 0 Å². The van der Waals surface area contributed by atoms with Gasteiger partial charge in [0.2, 0.25) is 0 Å². The molecule has 0 spiro atoms. The van der Waals surface area contributed by atoms with Gasteiger partial charge in [-0.05, 0) is 17.7 Å². The Morgan fingerprint density at radius 2 is 2.12 bits per heavy atom. The fourth-order valence-electron chi connectivity index (χ4n) is 3.29. The van der Waals surface area contributed by atoms with Crippen molar-refractivity contribution in [1.82, 2.24) is 19.6 Å². The minimum atomic E-state index is -0.229. The quantitative estimate of drug-likeness (QED) is 0.846. The summed E-state index contributed by atoms with van der Waals surface area (Å²) in [5, 5.41) is 13.7. The number of ether oxygens (including phenoxy) is 1. The van der Waals surface area contributed by atoms with E-state index in [1.807, 2.05) is 18.2 Å². The van der Waals surface area contributed by atoms with Crippen LogP contribution in [0.25, 0.3) is 0 Å². The fourth-order valence-corrected chi connectivity index (χ4v) is 3.29. The molecule has 26 heavy (non-hydrogen) atoms. The van der Waals surface area contributed by atoms with Crippen molar-refractivity contribution >= 4 is 11.8 Å². The van der Waals surface area contributed by atoms with Gasteiger partial charge in [-0.1, -0.05) is 6.07 Å². The minimum absolute atomic E-state index is 0.0649. The molecule has 0 bridgehead atoms. The highest BCUT2D eigenvalue weighted by molar-refractivity contribution is 5.98. The summed E-state index contributed by atoms with van der Waals surface area (Å²) < 4.78 is 7.31. The van der Waals surface area contributed by atoms with Crippen molar-refractivity contribution in [2.45, 2.75) is 19.7 Å². The maximum absolute atomic E-state index is 12.9. The Bertz CT molecular complexity index is 876. The zero-order valence-corrected chi connectivity index (χ0v) is 14.5. The second-order valence-electron chi connectivity index (χ2n) is 6.54. The molecule has 0 aliphatic carbocycles. The van der Waals surface area contributed by atoms with Crippen LogP contribution in [-0.4, -0.2) is 63.2 Å². The Balaban J connectivity index is 1.60. The number of benzene rings is 1. The summed E-state index contributed by atoms with van der Waals surface area (Å²) in [6.07, 6.45) is 0. The third-order valence-corrected chi connectivity index (χ3v) is 4.79. The van der Waals surface area contributed by atoms with Crippen molar-refractivity contribution in [2.75, 3.05) is 26.7 Å². The highest BCUT2D eigenvalue weighted by Crippen LogP contribution is 2.25. The fraction of sp³-hybridized carbons (Fsp3) is 0.389. The van der Waals surface area contributed by atoms with E-state index >= 15 is 0 Å². The second-order valence-corrected chi connectivity index (χ2v) is 6.54. The lowest BCUT2D eigenvalue weighted by Gasteiger charge is -2.22. The van der Waals surface area contributed by atoms with Crippen LogP contribution in [0.3, 0.4) is 0 Å². The third-order valence-electron chi connectivity index (χ3n) is 4.79. The van der Waals surface area contributed by atoms with Crippen LogP contribution in [0.5, 0.6) is 5.75 Å². The number of carbonyl (C=O) groups excluding carboxylic acids is 2. The van der Waals surface area contributed by atoms with Crippen LogP contribution in [0.2, 0.25) is 0 Å². The van der Waals surface area contributed by atoms with Gasteiger partial charge in [0.15, 0.2) is 5.69 Å². The van der Waals surface area contributed by atoms with Gasteiger partial charge in [-0.15, -0.1) is 0 Å². The summed E-state index contributed by atoms with van der Waals surface area (Å²) in [4.78, 5) is 28.4. The molecular formula is C18H20N4O4. The Morgan fingerprint density at radius 1 is 1.27 bits per heavy atom. The standard InChI is InChI=1S/C18H20N4O4/c1-20-4-5-22-15(18(20)25)9-14(19-22)17(24)21-6-7-26-16-3-2-12(11-23)8-13(16)10-21/h2-3,8-9,23H,4-7,10-11H2,1H3. The van der Waals surface area contributed by atoms with Crippen LogP contribution in [-0.2, 0) is 19.7 Å². The predicted octanol–water partition coefficient (Wildman–Crippen LogP) is 0.496. The van der Waals surface area contributed by atoms with E-state index in [4.69, 9.17) is 4.74 Å². The number of hydrogen-bond acceptors (Lipinski definition) is 5. The molecule has 0 fully saturated rings. The first kappa shape index (κ1) is 16.6. The van der Waals surface area contributed by atoms with Gasteiger partial charge < -0.3 is 19.6 Å². The Hall–Kier alpha value is -2.87. The van der Waals surface area contributed by atoms with Gasteiger partial charge in [-0.25, -0.2) is 0 Å². The van der Waals surface area contributed by atoms with Crippen molar-refractivity contribution in [3.8, 4) is 5.75 Å². The van der Waals surface area contributed by atoms with Crippen LogP contribution in [0.4, 0.5) is 0 Å². The summed E-state index contributed by atoms with van der Waals surface area (Å²) in [5.74, 6) is 0.367. The van der Waals surface area contributed by atoms with Crippen LogP contribution in [0, 0.1) is 0 Å². The summed E-state index contributed by atoms with van der Waals surface area (Å²) >= 11 is 0. The van der Waals surface area contributed by atoms with E-state index in [1.165, 1.54) is 0 Å². The van der Waals surface area contributed by atoms with E-state index < -0.39 is 0 Å². The number of aliphatic hydroxyl groups is 1. The molecule has 2 aliphatic heterocycles. The largest absolute Gasteiger partial charge is 0.491 e. The lowest BCUT2D eigenvalue weighted by atomic mass is 10.1. The first-order chi connectivity index (χ1) is 12.6. The molecule has 2 amide bonds. The maximum Gasteiger partial charge on any atom is 0.274 e. The van der Waals surface area contributed by atoms with Crippen molar-refractivity contribution in [2.24, 2.45) is 0 Å². The molecule has 8 nitrogen and oxygen atoms in total. The molecule has 0 unspecified atom stereocenters. The lowest BCUT2D eigenvalue weighted by molar-refractivity contribution is 0.0719. The molecule has 1 aromatic carbocycles. The molecular weight excluding hydrogens is 336 g/mol. The number of rotatable bonds is 2. The predicted molar refractivity (Wildman–Crippen MR) is 91.8 cm³/mol. The van der Waals surface area contributed by atoms with Crippen LogP contribution >= 0.6 is 0 Å². The summed E-state index contributed by atoms with van der Waals surface area (Å²) in [5.41, 5.74) is 2.33. The number of amides is 2. The molecule has 8 heteroatoms. The van der Waals surface area contributed by atoms with Crippen molar-refractivity contribution < 1.29 is 19.4 Å². The smallest absolute Gasteiger partial charge is 0.274 e. The van der Waals surface area contributed by atoms with Crippen molar-refractivity contribution in [3.05, 3.63) is 46.8 Å². The zero-order valence-electron chi connectivity index (χ0n) is 14.5. The van der Waals surface area contributed by atoms with Gasteiger partial charge in [0.1, 0.15) is 18.1 Å². The summed E-state index contributed by atoms with van der Waals surface area (Å²) in [6, 6.07) is 7.04. The Kier molecular flexibility index (Phi) is 4.12. The number of aromatic nitrogens is 2. The summed E-state index contributed by atoms with van der Waals surface area (Å²) in [6.45, 7) is 2.28. The van der Waals surface area contributed by atoms with Gasteiger partial charge in [0.05, 0.1) is 19.7 Å². The molecule has 0 radical (unpaired) electrons. The maximum atomic E-state index is 12.9. The molecule has 0 saturated heterocycles. The molecule has 2 aromatic rings. The highest BCUT2D eigenvalue weighted by Gasteiger charge is 2.28. The van der Waals surface area contributed by atoms with Gasteiger partial charge in [-0.3, -0.25) is 14.3 Å². The first-order valence-corrected chi connectivity index (χ1v) is 8.55. The molecule has 1 N–H and O–H groups in total. The summed E-state index contributed by atoms with van der Waals surface area (Å²) in [7, 11) is 1.74. The number of fused-ring (bicyclic) bond motifs is 2. The second kappa shape index (κ2) is 6.45. The zero-order chi connectivity index (χ0) is 18.3. The molecule has 1 aromatic heterocycles. The molecule has 3 heterocycles. The lowest BCUT2D eigenvalue weighted by Crippen LogP contribution is -2.37. The Labute approximate surface area is 150 Å². The van der Waals surface area contributed by atoms with E-state index in [0.717, 1.165) is 16.9 Å². The molecule has 4 rings (SSSR count). The topological polar surface area (TPSA) is 87.9 Å². The van der Waals surface area contributed by atoms with Crippen LogP contribution in [0.15, 0.2) is 24.3 Å². The van der Waals surface area contributed by atoms with E-state index in [-0.39, 0.29) is 24.1 Å². The average molecular weight is 356 g/mol. The SMILES string of the molecule is CN1CCn2nc(C(=O)N3CCOc4ccc(CO)cc4C3)cc2C1=O. The molecule has 136 valence electrons. The molecule has 0 saturated carbocycles. The van der Waals surface area contributed by atoms with E-state index in [9.17, 15) is 14.7 Å². The van der Waals surface area contributed by atoms with Gasteiger partial charge in [0, 0.05) is 31.8 Å². The molecule has 0 atom stereocenters. The first-order valence-electron chi connectivity index (χ1n) is 8.55. The third kappa shape index (κ3) is 2.82. The number of nitrogens with zero attached hydrogens (tertiary/aromatic N) is 4. The van der Waals surface area contributed by atoms with Gasteiger partial charge in [-0.2, -0.15) is 5.10 Å². The van der Waals surface area contributed by atoms with Crippen molar-refractivity contribution in [1.29, 1.82) is 0 Å². The van der Waals surface area contributed by atoms with E-state index in [0.29, 0.717) is 38.5 Å². The number of hydrogen-bond donors (Lipinski definition) is 1. The number of carbonyl (C=O) groups is 2. The number of aliphatic hydroxyl groups excluding tert-OH is 1. The molecule has 2 aliphatic rings. The van der Waals surface area contributed by atoms with Crippen molar-refractivity contribution in [3.63, 3.8) is 0 Å². The highest BCUT2D eigenvalue weighted by atomic mass is 16.5. The van der Waals surface area contributed by atoms with Crippen LogP contribution < -0.4 is 4.74 Å². The van der Waals surface area contributed by atoms with Crippen LogP contribution in [0.1, 0.15) is 32.1 Å². The normalized spacial score (nSPS) is 16.6. The van der Waals surface area contributed by atoms with Gasteiger partial charge in [0.25, 0.3) is 11.8 Å². The van der Waals surface area contributed by atoms with E-state index in [1.54, 1.807) is 27.6 Å². The Morgan fingerprint density at radius 3 is 2.92 bits per heavy atom.